The van der Waals surface area contributed by atoms with Gasteiger partial charge in [0, 0.05) is 36.7 Å². The first-order chi connectivity index (χ1) is 16.0. The lowest BCUT2D eigenvalue weighted by atomic mass is 10.2. The van der Waals surface area contributed by atoms with Crippen LogP contribution in [-0.2, 0) is 9.59 Å². The Morgan fingerprint density at radius 2 is 1.94 bits per heavy atom. The van der Waals surface area contributed by atoms with Crippen molar-refractivity contribution in [1.29, 1.82) is 0 Å². The van der Waals surface area contributed by atoms with E-state index in [1.54, 1.807) is 11.3 Å². The van der Waals surface area contributed by atoms with Crippen LogP contribution in [0, 0.1) is 6.92 Å². The van der Waals surface area contributed by atoms with Crippen molar-refractivity contribution >= 4 is 52.8 Å². The lowest BCUT2D eigenvalue weighted by Crippen LogP contribution is -2.50. The van der Waals surface area contributed by atoms with Crippen LogP contribution < -0.4 is 5.32 Å². The number of nitrogens with one attached hydrogen (secondary N) is 2. The number of aryl methyl sites for hydroxylation is 1. The predicted octanol–water partition coefficient (Wildman–Crippen LogP) is 3.22. The van der Waals surface area contributed by atoms with Crippen LogP contribution >= 0.6 is 23.1 Å². The van der Waals surface area contributed by atoms with Crippen LogP contribution in [0.2, 0.25) is 0 Å². The van der Waals surface area contributed by atoms with E-state index in [0.717, 1.165) is 16.1 Å². The molecule has 0 unspecified atom stereocenters. The van der Waals surface area contributed by atoms with Gasteiger partial charge in [-0.2, -0.15) is 0 Å². The Kier molecular flexibility index (Phi) is 7.92. The van der Waals surface area contributed by atoms with E-state index in [2.05, 4.69) is 25.4 Å². The van der Waals surface area contributed by atoms with Crippen molar-refractivity contribution in [3.05, 3.63) is 58.0 Å². The van der Waals surface area contributed by atoms with E-state index in [0.29, 0.717) is 49.5 Å². The quantitative estimate of drug-likeness (QED) is 0.479. The maximum absolute atomic E-state index is 12.6. The number of amides is 2. The van der Waals surface area contributed by atoms with Crippen molar-refractivity contribution < 1.29 is 9.59 Å². The Balaban J connectivity index is 1.16. The molecular weight excluding hydrogens is 456 g/mol. The molecule has 1 aliphatic heterocycles. The molecule has 33 heavy (non-hydrogen) atoms. The standard InChI is InChI=1S/C23H26N6O2S2/c1-17-4-6-18(7-5-17)24-21(30)15-28-10-12-29(13-11-28)22(31)16-33-23-25-20(26-27-23)9-8-19-3-2-14-32-19/h2-9,14H,10-13,15-16H2,1H3,(H,24,30)(H,25,26,27). The molecular formula is C23H26N6O2S2. The molecule has 3 heterocycles. The highest BCUT2D eigenvalue weighted by Gasteiger charge is 2.22. The van der Waals surface area contributed by atoms with Gasteiger partial charge < -0.3 is 10.2 Å². The molecule has 172 valence electrons. The molecule has 0 spiro atoms. The zero-order valence-electron chi connectivity index (χ0n) is 18.4. The minimum Gasteiger partial charge on any atom is -0.339 e. The molecule has 8 nitrogen and oxygen atoms in total. The molecule has 1 aliphatic rings. The number of hydrogen-bond donors (Lipinski definition) is 2. The molecule has 0 atom stereocenters. The molecule has 2 aromatic heterocycles. The second kappa shape index (κ2) is 11.3. The summed E-state index contributed by atoms with van der Waals surface area (Å²) in [6.45, 7) is 4.91. The van der Waals surface area contributed by atoms with Crippen molar-refractivity contribution in [1.82, 2.24) is 25.0 Å². The first-order valence-corrected chi connectivity index (χ1v) is 12.5. The Labute approximate surface area is 201 Å². The zero-order valence-corrected chi connectivity index (χ0v) is 20.0. The number of aromatic amines is 1. The van der Waals surface area contributed by atoms with Gasteiger partial charge in [-0.05, 0) is 42.7 Å². The number of piperazine rings is 1. The summed E-state index contributed by atoms with van der Waals surface area (Å²) in [5.41, 5.74) is 1.95. The van der Waals surface area contributed by atoms with E-state index in [-0.39, 0.29) is 11.8 Å². The highest BCUT2D eigenvalue weighted by atomic mass is 32.2. The first kappa shape index (κ1) is 23.2. The number of aromatic nitrogens is 3. The Hall–Kier alpha value is -2.95. The Bertz CT molecular complexity index is 1090. The molecule has 0 aliphatic carbocycles. The zero-order chi connectivity index (χ0) is 23.0. The molecule has 3 aromatic rings. The lowest BCUT2D eigenvalue weighted by Gasteiger charge is -2.34. The molecule has 4 rings (SSSR count). The third-order valence-corrected chi connectivity index (χ3v) is 6.85. The summed E-state index contributed by atoms with van der Waals surface area (Å²) in [4.78, 5) is 34.3. The summed E-state index contributed by atoms with van der Waals surface area (Å²) in [5, 5.41) is 12.6. The minimum absolute atomic E-state index is 0.0391. The van der Waals surface area contributed by atoms with Gasteiger partial charge >= 0.3 is 0 Å². The van der Waals surface area contributed by atoms with E-state index in [1.165, 1.54) is 11.8 Å². The van der Waals surface area contributed by atoms with Gasteiger partial charge in [-0.1, -0.05) is 35.5 Å². The van der Waals surface area contributed by atoms with Crippen LogP contribution in [0.5, 0.6) is 0 Å². The normalized spacial score (nSPS) is 14.6. The average Bonchev–Trinajstić information content (AvgIpc) is 3.50. The van der Waals surface area contributed by atoms with Crippen molar-refractivity contribution in [2.45, 2.75) is 12.1 Å². The summed E-state index contributed by atoms with van der Waals surface area (Å²) in [7, 11) is 0. The van der Waals surface area contributed by atoms with Gasteiger partial charge in [0.25, 0.3) is 0 Å². The summed E-state index contributed by atoms with van der Waals surface area (Å²) < 4.78 is 0. The number of carbonyl (C=O) groups is 2. The van der Waals surface area contributed by atoms with Crippen molar-refractivity contribution in [2.75, 3.05) is 43.8 Å². The van der Waals surface area contributed by atoms with E-state index < -0.39 is 0 Å². The summed E-state index contributed by atoms with van der Waals surface area (Å²) in [6, 6.07) is 11.8. The highest BCUT2D eigenvalue weighted by Crippen LogP contribution is 2.16. The number of benzene rings is 1. The van der Waals surface area contributed by atoms with Crippen LogP contribution in [0.1, 0.15) is 16.3 Å². The fourth-order valence-electron chi connectivity index (χ4n) is 3.36. The monoisotopic (exact) mass is 482 g/mol. The molecule has 1 saturated heterocycles. The van der Waals surface area contributed by atoms with Crippen LogP contribution in [0.4, 0.5) is 5.69 Å². The summed E-state index contributed by atoms with van der Waals surface area (Å²) in [5.74, 6) is 0.975. The topological polar surface area (TPSA) is 94.2 Å². The summed E-state index contributed by atoms with van der Waals surface area (Å²) >= 11 is 2.98. The van der Waals surface area contributed by atoms with Gasteiger partial charge in [-0.3, -0.25) is 19.6 Å². The number of anilines is 1. The second-order valence-electron chi connectivity index (χ2n) is 7.71. The second-order valence-corrected chi connectivity index (χ2v) is 9.63. The van der Waals surface area contributed by atoms with Crippen LogP contribution in [0.3, 0.4) is 0 Å². The fourth-order valence-corrected chi connectivity index (χ4v) is 4.68. The van der Waals surface area contributed by atoms with Crippen molar-refractivity contribution in [2.24, 2.45) is 0 Å². The van der Waals surface area contributed by atoms with Gasteiger partial charge in [-0.15, -0.1) is 16.4 Å². The predicted molar refractivity (Wildman–Crippen MR) is 133 cm³/mol. The largest absolute Gasteiger partial charge is 0.339 e. The van der Waals surface area contributed by atoms with E-state index >= 15 is 0 Å². The molecule has 2 amide bonds. The molecule has 0 bridgehead atoms. The maximum Gasteiger partial charge on any atom is 0.238 e. The smallest absolute Gasteiger partial charge is 0.238 e. The van der Waals surface area contributed by atoms with E-state index in [1.807, 2.05) is 65.8 Å². The van der Waals surface area contributed by atoms with Crippen molar-refractivity contribution in [3.63, 3.8) is 0 Å². The molecule has 0 saturated carbocycles. The van der Waals surface area contributed by atoms with Crippen LogP contribution in [-0.4, -0.2) is 75.3 Å². The Morgan fingerprint density at radius 1 is 1.15 bits per heavy atom. The number of H-pyrrole nitrogens is 1. The molecule has 2 N–H and O–H groups in total. The van der Waals surface area contributed by atoms with Gasteiger partial charge in [0.05, 0.1) is 12.3 Å². The molecule has 0 radical (unpaired) electrons. The molecule has 1 aromatic carbocycles. The van der Waals surface area contributed by atoms with Gasteiger partial charge in [0.1, 0.15) is 5.82 Å². The van der Waals surface area contributed by atoms with Crippen molar-refractivity contribution in [3.8, 4) is 0 Å². The summed E-state index contributed by atoms with van der Waals surface area (Å²) in [6.07, 6.45) is 3.85. The number of nitrogens with zero attached hydrogens (tertiary/aromatic N) is 4. The van der Waals surface area contributed by atoms with Gasteiger partial charge in [0.2, 0.25) is 17.0 Å². The number of thiophene rings is 1. The van der Waals surface area contributed by atoms with E-state index in [9.17, 15) is 9.59 Å². The minimum atomic E-state index is -0.0391. The lowest BCUT2D eigenvalue weighted by molar-refractivity contribution is -0.130. The third-order valence-electron chi connectivity index (χ3n) is 5.18. The highest BCUT2D eigenvalue weighted by molar-refractivity contribution is 7.99. The van der Waals surface area contributed by atoms with E-state index in [4.69, 9.17) is 0 Å². The Morgan fingerprint density at radius 3 is 2.67 bits per heavy atom. The van der Waals surface area contributed by atoms with Crippen LogP contribution in [0.15, 0.2) is 46.9 Å². The fraction of sp³-hybridized carbons (Fsp3) is 0.304. The molecule has 10 heteroatoms. The number of hydrogen-bond acceptors (Lipinski definition) is 7. The number of rotatable bonds is 8. The van der Waals surface area contributed by atoms with Gasteiger partial charge in [-0.25, -0.2) is 4.98 Å². The average molecular weight is 483 g/mol. The molecule has 1 fully saturated rings. The number of thioether (sulfide) groups is 1. The first-order valence-electron chi connectivity index (χ1n) is 10.7. The van der Waals surface area contributed by atoms with Crippen LogP contribution in [0.25, 0.3) is 12.2 Å². The number of carbonyl (C=O) groups excluding carboxylic acids is 2. The third kappa shape index (κ3) is 7.01. The maximum atomic E-state index is 12.6. The van der Waals surface area contributed by atoms with Gasteiger partial charge in [0.15, 0.2) is 0 Å². The SMILES string of the molecule is Cc1ccc(NC(=O)CN2CCN(C(=O)CSc3n[nH]c(C=Cc4cccs4)n3)CC2)cc1.